The van der Waals surface area contributed by atoms with Crippen LogP contribution in [-0.4, -0.2) is 29.9 Å². The molecular weight excluding hydrogens is 180 g/mol. The zero-order chi connectivity index (χ0) is 10.2. The highest BCUT2D eigenvalue weighted by Crippen LogP contribution is 2.40. The second-order valence-electron chi connectivity index (χ2n) is 4.20. The standard InChI is InChI=1S/C10H16N2O2/c1-2-12-8(13)10(5-3-4-6-10)7-11-9(12)14/h2-7H2,1H3,(H,11,14). The van der Waals surface area contributed by atoms with E-state index in [-0.39, 0.29) is 17.4 Å². The first-order valence-electron chi connectivity index (χ1n) is 5.29. The van der Waals surface area contributed by atoms with E-state index in [1.54, 1.807) is 0 Å². The lowest BCUT2D eigenvalue weighted by Gasteiger charge is -2.37. The van der Waals surface area contributed by atoms with Crippen molar-refractivity contribution in [2.45, 2.75) is 32.6 Å². The van der Waals surface area contributed by atoms with Crippen LogP contribution < -0.4 is 5.32 Å². The van der Waals surface area contributed by atoms with Crippen LogP contribution in [-0.2, 0) is 4.79 Å². The molecular formula is C10H16N2O2. The fourth-order valence-corrected chi connectivity index (χ4v) is 2.52. The Balaban J connectivity index is 2.22. The normalized spacial score (nSPS) is 25.6. The van der Waals surface area contributed by atoms with Crippen molar-refractivity contribution in [2.24, 2.45) is 5.41 Å². The summed E-state index contributed by atoms with van der Waals surface area (Å²) in [6.07, 6.45) is 4.09. The molecule has 0 unspecified atom stereocenters. The Labute approximate surface area is 83.6 Å². The van der Waals surface area contributed by atoms with Crippen molar-refractivity contribution >= 4 is 11.9 Å². The number of hydrogen-bond donors (Lipinski definition) is 1. The van der Waals surface area contributed by atoms with E-state index in [9.17, 15) is 9.59 Å². The molecule has 1 aliphatic heterocycles. The van der Waals surface area contributed by atoms with Gasteiger partial charge in [-0.2, -0.15) is 0 Å². The molecule has 1 spiro atoms. The Hall–Kier alpha value is -1.06. The van der Waals surface area contributed by atoms with E-state index in [0.29, 0.717) is 13.1 Å². The molecule has 0 aromatic heterocycles. The molecule has 0 bridgehead atoms. The first kappa shape index (κ1) is 9.49. The van der Waals surface area contributed by atoms with Gasteiger partial charge in [0.15, 0.2) is 0 Å². The summed E-state index contributed by atoms with van der Waals surface area (Å²) in [7, 11) is 0. The number of nitrogens with one attached hydrogen (secondary N) is 1. The molecule has 1 saturated heterocycles. The van der Waals surface area contributed by atoms with Crippen LogP contribution in [0.15, 0.2) is 0 Å². The summed E-state index contributed by atoms with van der Waals surface area (Å²) in [6, 6.07) is -0.227. The Kier molecular flexibility index (Phi) is 2.21. The summed E-state index contributed by atoms with van der Waals surface area (Å²) in [5.74, 6) is 0.0428. The van der Waals surface area contributed by atoms with Crippen LogP contribution in [0.25, 0.3) is 0 Å². The smallest absolute Gasteiger partial charge is 0.324 e. The number of rotatable bonds is 1. The maximum atomic E-state index is 12.1. The summed E-state index contributed by atoms with van der Waals surface area (Å²) >= 11 is 0. The van der Waals surface area contributed by atoms with E-state index in [1.165, 1.54) is 4.90 Å². The molecule has 78 valence electrons. The van der Waals surface area contributed by atoms with Crippen LogP contribution >= 0.6 is 0 Å². The van der Waals surface area contributed by atoms with E-state index in [0.717, 1.165) is 25.7 Å². The molecule has 1 aliphatic carbocycles. The third-order valence-electron chi connectivity index (χ3n) is 3.40. The van der Waals surface area contributed by atoms with Gasteiger partial charge in [0, 0.05) is 13.1 Å². The Morgan fingerprint density at radius 2 is 2.00 bits per heavy atom. The molecule has 14 heavy (non-hydrogen) atoms. The van der Waals surface area contributed by atoms with Crippen molar-refractivity contribution in [3.05, 3.63) is 0 Å². The van der Waals surface area contributed by atoms with Crippen molar-refractivity contribution < 1.29 is 9.59 Å². The Morgan fingerprint density at radius 1 is 1.36 bits per heavy atom. The first-order valence-corrected chi connectivity index (χ1v) is 5.29. The highest BCUT2D eigenvalue weighted by molar-refractivity contribution is 6.00. The highest BCUT2D eigenvalue weighted by atomic mass is 16.2. The zero-order valence-corrected chi connectivity index (χ0v) is 8.51. The van der Waals surface area contributed by atoms with Gasteiger partial charge in [-0.1, -0.05) is 12.8 Å². The molecule has 2 rings (SSSR count). The number of hydrogen-bond acceptors (Lipinski definition) is 2. The number of urea groups is 1. The summed E-state index contributed by atoms with van der Waals surface area (Å²) in [5, 5.41) is 2.81. The second kappa shape index (κ2) is 3.26. The fourth-order valence-electron chi connectivity index (χ4n) is 2.52. The van der Waals surface area contributed by atoms with Crippen LogP contribution in [0.1, 0.15) is 32.6 Å². The topological polar surface area (TPSA) is 49.4 Å². The van der Waals surface area contributed by atoms with Crippen LogP contribution in [0.3, 0.4) is 0 Å². The molecule has 1 heterocycles. The third-order valence-corrected chi connectivity index (χ3v) is 3.40. The van der Waals surface area contributed by atoms with E-state index in [4.69, 9.17) is 0 Å². The van der Waals surface area contributed by atoms with Crippen LogP contribution in [0.4, 0.5) is 4.79 Å². The number of imide groups is 1. The molecule has 3 amide bonds. The molecule has 0 atom stereocenters. The SMILES string of the molecule is CCN1C(=O)NCC2(CCCC2)C1=O. The molecule has 4 nitrogen and oxygen atoms in total. The number of amides is 3. The molecule has 0 radical (unpaired) electrons. The van der Waals surface area contributed by atoms with E-state index in [1.807, 2.05) is 6.92 Å². The third kappa shape index (κ3) is 1.21. The maximum Gasteiger partial charge on any atom is 0.324 e. The van der Waals surface area contributed by atoms with Crippen molar-refractivity contribution in [3.8, 4) is 0 Å². The predicted molar refractivity (Wildman–Crippen MR) is 51.7 cm³/mol. The summed E-state index contributed by atoms with van der Waals surface area (Å²) in [5.41, 5.74) is -0.260. The fraction of sp³-hybridized carbons (Fsp3) is 0.800. The van der Waals surface area contributed by atoms with Crippen molar-refractivity contribution in [3.63, 3.8) is 0 Å². The average Bonchev–Trinajstić information content (AvgIpc) is 2.63. The van der Waals surface area contributed by atoms with Gasteiger partial charge in [0.05, 0.1) is 5.41 Å². The number of carbonyl (C=O) groups is 2. The summed E-state index contributed by atoms with van der Waals surface area (Å²) < 4.78 is 0. The predicted octanol–water partition coefficient (Wildman–Crippen LogP) is 1.12. The van der Waals surface area contributed by atoms with Crippen molar-refractivity contribution in [2.75, 3.05) is 13.1 Å². The minimum Gasteiger partial charge on any atom is -0.337 e. The molecule has 0 aromatic rings. The monoisotopic (exact) mass is 196 g/mol. The molecule has 2 aliphatic rings. The lowest BCUT2D eigenvalue weighted by atomic mass is 9.83. The molecule has 1 saturated carbocycles. The van der Waals surface area contributed by atoms with Gasteiger partial charge in [-0.05, 0) is 19.8 Å². The van der Waals surface area contributed by atoms with Gasteiger partial charge in [0.1, 0.15) is 0 Å². The van der Waals surface area contributed by atoms with Gasteiger partial charge < -0.3 is 5.32 Å². The maximum absolute atomic E-state index is 12.1. The first-order chi connectivity index (χ1) is 6.69. The van der Waals surface area contributed by atoms with Gasteiger partial charge in [-0.3, -0.25) is 9.69 Å². The molecule has 4 heteroatoms. The van der Waals surface area contributed by atoms with E-state index in [2.05, 4.69) is 5.32 Å². The molecule has 1 N–H and O–H groups in total. The lowest BCUT2D eigenvalue weighted by molar-refractivity contribution is -0.140. The summed E-state index contributed by atoms with van der Waals surface area (Å²) in [6.45, 7) is 2.86. The van der Waals surface area contributed by atoms with Gasteiger partial charge in [-0.15, -0.1) is 0 Å². The highest BCUT2D eigenvalue weighted by Gasteiger charge is 2.47. The number of nitrogens with zero attached hydrogens (tertiary/aromatic N) is 1. The minimum atomic E-state index is -0.260. The lowest BCUT2D eigenvalue weighted by Crippen LogP contribution is -2.59. The minimum absolute atomic E-state index is 0.0428. The quantitative estimate of drug-likeness (QED) is 0.683. The molecule has 0 aromatic carbocycles. The summed E-state index contributed by atoms with van der Waals surface area (Å²) in [4.78, 5) is 24.8. The van der Waals surface area contributed by atoms with Gasteiger partial charge >= 0.3 is 6.03 Å². The molecule has 2 fully saturated rings. The van der Waals surface area contributed by atoms with Crippen LogP contribution in [0.5, 0.6) is 0 Å². The van der Waals surface area contributed by atoms with Gasteiger partial charge in [0.25, 0.3) is 0 Å². The van der Waals surface area contributed by atoms with Gasteiger partial charge in [-0.25, -0.2) is 4.79 Å². The Bertz CT molecular complexity index is 269. The average molecular weight is 196 g/mol. The van der Waals surface area contributed by atoms with Crippen molar-refractivity contribution in [1.82, 2.24) is 10.2 Å². The van der Waals surface area contributed by atoms with Crippen LogP contribution in [0, 0.1) is 5.41 Å². The second-order valence-corrected chi connectivity index (χ2v) is 4.20. The van der Waals surface area contributed by atoms with Crippen LogP contribution in [0.2, 0.25) is 0 Å². The number of carbonyl (C=O) groups excluding carboxylic acids is 2. The van der Waals surface area contributed by atoms with Gasteiger partial charge in [0.2, 0.25) is 5.91 Å². The largest absolute Gasteiger partial charge is 0.337 e. The Morgan fingerprint density at radius 3 is 2.57 bits per heavy atom. The van der Waals surface area contributed by atoms with E-state index >= 15 is 0 Å². The zero-order valence-electron chi connectivity index (χ0n) is 8.51. The van der Waals surface area contributed by atoms with E-state index < -0.39 is 0 Å². The van der Waals surface area contributed by atoms with Crippen molar-refractivity contribution in [1.29, 1.82) is 0 Å².